The zero-order valence-electron chi connectivity index (χ0n) is 6.19. The molecule has 0 amide bonds. The van der Waals surface area contributed by atoms with Gasteiger partial charge in [0.05, 0.1) is 0 Å². The topological polar surface area (TPSA) is 12.0 Å². The second-order valence-corrected chi connectivity index (χ2v) is 5.37. The lowest BCUT2D eigenvalue weighted by molar-refractivity contribution is 0.655. The molecule has 1 fully saturated rings. The fraction of sp³-hybridized carbons (Fsp3) is 1.00. The quantitative estimate of drug-likeness (QED) is 0.509. The van der Waals surface area contributed by atoms with Crippen molar-refractivity contribution in [3.05, 3.63) is 0 Å². The number of hydrogen-bond acceptors (Lipinski definition) is 1. The normalized spacial score (nSPS) is 25.0. The zero-order valence-corrected chi connectivity index (χ0v) is 7.08. The van der Waals surface area contributed by atoms with E-state index < -0.39 is 0 Å². The number of nitrogens with one attached hydrogen (secondary N) is 1. The first-order valence-corrected chi connectivity index (χ1v) is 5.95. The Morgan fingerprint density at radius 3 is 2.22 bits per heavy atom. The minimum Gasteiger partial charge on any atom is -0.317 e. The molecule has 0 aromatic rings. The lowest BCUT2D eigenvalue weighted by Crippen LogP contribution is -2.20. The van der Waals surface area contributed by atoms with Gasteiger partial charge in [-0.2, -0.15) is 0 Å². The summed E-state index contributed by atoms with van der Waals surface area (Å²) in [5.74, 6) is 0. The highest BCUT2D eigenvalue weighted by Crippen LogP contribution is 2.31. The van der Waals surface area contributed by atoms with Crippen LogP contribution >= 0.6 is 7.92 Å². The summed E-state index contributed by atoms with van der Waals surface area (Å²) >= 11 is 0. The Balaban J connectivity index is 2.12. The second kappa shape index (κ2) is 4.24. The fourth-order valence-electron chi connectivity index (χ4n) is 1.18. The summed E-state index contributed by atoms with van der Waals surface area (Å²) in [6, 6.07) is 0. The van der Waals surface area contributed by atoms with Gasteiger partial charge in [0.1, 0.15) is 0 Å². The Morgan fingerprint density at radius 1 is 1.11 bits per heavy atom. The van der Waals surface area contributed by atoms with Crippen molar-refractivity contribution in [1.29, 1.82) is 0 Å². The maximum Gasteiger partial charge on any atom is -0.00456 e. The molecular formula is C7H16NP. The van der Waals surface area contributed by atoms with Crippen LogP contribution in [-0.4, -0.2) is 32.1 Å². The summed E-state index contributed by atoms with van der Waals surface area (Å²) < 4.78 is 0. The van der Waals surface area contributed by atoms with Crippen LogP contribution in [0.2, 0.25) is 0 Å². The maximum absolute atomic E-state index is 3.42. The summed E-state index contributed by atoms with van der Waals surface area (Å²) in [6.45, 7) is 4.94. The largest absolute Gasteiger partial charge is 0.317 e. The molecule has 0 aliphatic carbocycles. The van der Waals surface area contributed by atoms with Gasteiger partial charge in [-0.05, 0) is 44.9 Å². The van der Waals surface area contributed by atoms with Crippen LogP contribution in [0.25, 0.3) is 0 Å². The van der Waals surface area contributed by atoms with Gasteiger partial charge >= 0.3 is 0 Å². The third-order valence-corrected chi connectivity index (χ3v) is 3.95. The van der Waals surface area contributed by atoms with Crippen molar-refractivity contribution >= 4 is 7.92 Å². The smallest absolute Gasteiger partial charge is 0.00456 e. The van der Waals surface area contributed by atoms with E-state index in [9.17, 15) is 0 Å². The zero-order chi connectivity index (χ0) is 6.53. The molecule has 1 saturated heterocycles. The first-order chi connectivity index (χ1) is 4.39. The molecule has 0 unspecified atom stereocenters. The molecule has 0 radical (unpaired) electrons. The van der Waals surface area contributed by atoms with Gasteiger partial charge in [0.2, 0.25) is 0 Å². The van der Waals surface area contributed by atoms with Gasteiger partial charge < -0.3 is 5.32 Å². The molecule has 1 rings (SSSR count). The van der Waals surface area contributed by atoms with Crippen molar-refractivity contribution in [1.82, 2.24) is 5.32 Å². The molecule has 0 saturated carbocycles. The summed E-state index contributed by atoms with van der Waals surface area (Å²) in [7, 11) is 0.425. The summed E-state index contributed by atoms with van der Waals surface area (Å²) in [5, 5.41) is 3.42. The third-order valence-electron chi connectivity index (χ3n) is 1.79. The van der Waals surface area contributed by atoms with Crippen molar-refractivity contribution in [2.24, 2.45) is 0 Å². The Morgan fingerprint density at radius 2 is 1.67 bits per heavy atom. The SMILES string of the molecule is CP1CCCNCCC1. The van der Waals surface area contributed by atoms with E-state index in [1.807, 2.05) is 0 Å². The van der Waals surface area contributed by atoms with E-state index in [-0.39, 0.29) is 0 Å². The van der Waals surface area contributed by atoms with Gasteiger partial charge in [0.15, 0.2) is 0 Å². The molecule has 54 valence electrons. The molecule has 0 aromatic heterocycles. The van der Waals surface area contributed by atoms with Crippen molar-refractivity contribution in [2.45, 2.75) is 12.8 Å². The third kappa shape index (κ3) is 3.17. The molecule has 2 heteroatoms. The van der Waals surface area contributed by atoms with Crippen molar-refractivity contribution in [2.75, 3.05) is 32.1 Å². The van der Waals surface area contributed by atoms with E-state index in [0.29, 0.717) is 7.92 Å². The van der Waals surface area contributed by atoms with Gasteiger partial charge in [0.25, 0.3) is 0 Å². The molecule has 0 bridgehead atoms. The maximum atomic E-state index is 3.42. The van der Waals surface area contributed by atoms with Crippen molar-refractivity contribution in [3.8, 4) is 0 Å². The summed E-state index contributed by atoms with van der Waals surface area (Å²) in [4.78, 5) is 0. The lowest BCUT2D eigenvalue weighted by Gasteiger charge is -2.15. The van der Waals surface area contributed by atoms with E-state index in [1.165, 1.54) is 38.3 Å². The molecule has 9 heavy (non-hydrogen) atoms. The molecule has 0 spiro atoms. The predicted octanol–water partition coefficient (Wildman–Crippen LogP) is 1.48. The van der Waals surface area contributed by atoms with Gasteiger partial charge in [-0.1, -0.05) is 0 Å². The summed E-state index contributed by atoms with van der Waals surface area (Å²) in [5.41, 5.74) is 0. The van der Waals surface area contributed by atoms with Gasteiger partial charge in [-0.25, -0.2) is 0 Å². The molecule has 1 heterocycles. The van der Waals surface area contributed by atoms with E-state index in [2.05, 4.69) is 12.0 Å². The van der Waals surface area contributed by atoms with Crippen LogP contribution in [0, 0.1) is 0 Å². The van der Waals surface area contributed by atoms with Crippen molar-refractivity contribution < 1.29 is 0 Å². The molecular weight excluding hydrogens is 129 g/mol. The molecule has 1 N–H and O–H groups in total. The average molecular weight is 145 g/mol. The van der Waals surface area contributed by atoms with Crippen LogP contribution in [0.3, 0.4) is 0 Å². The molecule has 1 nitrogen and oxygen atoms in total. The Labute approximate surface area is 59.0 Å². The van der Waals surface area contributed by atoms with Gasteiger partial charge in [-0.3, -0.25) is 0 Å². The standard InChI is InChI=1S/C7H16NP/c1-9-6-2-4-8-5-3-7-9/h8H,2-7H2,1H3. The Hall–Kier alpha value is 0.390. The highest BCUT2D eigenvalue weighted by molar-refractivity contribution is 7.56. The molecule has 0 atom stereocenters. The van der Waals surface area contributed by atoms with Crippen LogP contribution < -0.4 is 5.32 Å². The molecule has 0 aromatic carbocycles. The molecule has 1 aliphatic heterocycles. The van der Waals surface area contributed by atoms with Gasteiger partial charge in [0, 0.05) is 0 Å². The monoisotopic (exact) mass is 145 g/mol. The van der Waals surface area contributed by atoms with Crippen LogP contribution in [-0.2, 0) is 0 Å². The fourth-order valence-corrected chi connectivity index (χ4v) is 2.80. The minimum atomic E-state index is 0.425. The van der Waals surface area contributed by atoms with Gasteiger partial charge in [-0.15, -0.1) is 7.92 Å². The van der Waals surface area contributed by atoms with E-state index >= 15 is 0 Å². The highest BCUT2D eigenvalue weighted by atomic mass is 31.1. The predicted molar refractivity (Wildman–Crippen MR) is 44.7 cm³/mol. The first kappa shape index (κ1) is 7.50. The number of hydrogen-bond donors (Lipinski definition) is 1. The highest BCUT2D eigenvalue weighted by Gasteiger charge is 2.02. The summed E-state index contributed by atoms with van der Waals surface area (Å²) in [6.07, 6.45) is 5.79. The number of rotatable bonds is 0. The first-order valence-electron chi connectivity index (χ1n) is 3.79. The molecule has 1 aliphatic rings. The van der Waals surface area contributed by atoms with Crippen LogP contribution in [0.4, 0.5) is 0 Å². The van der Waals surface area contributed by atoms with E-state index in [1.54, 1.807) is 0 Å². The van der Waals surface area contributed by atoms with Crippen LogP contribution in [0.15, 0.2) is 0 Å². The Bertz CT molecular complexity index is 67.3. The average Bonchev–Trinajstić information content (AvgIpc) is 1.79. The van der Waals surface area contributed by atoms with E-state index in [0.717, 1.165) is 0 Å². The van der Waals surface area contributed by atoms with Crippen LogP contribution in [0.5, 0.6) is 0 Å². The van der Waals surface area contributed by atoms with E-state index in [4.69, 9.17) is 0 Å². The van der Waals surface area contributed by atoms with Crippen molar-refractivity contribution in [3.63, 3.8) is 0 Å². The second-order valence-electron chi connectivity index (χ2n) is 2.76. The minimum absolute atomic E-state index is 0.425. The Kier molecular flexibility index (Phi) is 3.54. The van der Waals surface area contributed by atoms with Crippen LogP contribution in [0.1, 0.15) is 12.8 Å². The lowest BCUT2D eigenvalue weighted by atomic mass is 10.4.